The van der Waals surface area contributed by atoms with Crippen molar-refractivity contribution in [2.75, 3.05) is 13.2 Å². The molecule has 6 nitrogen and oxygen atoms in total. The number of hydrogen-bond donors (Lipinski definition) is 0. The molecule has 0 aliphatic rings. The average Bonchev–Trinajstić information content (AvgIpc) is 3.27. The molecule has 0 N–H and O–H groups in total. The zero-order valence-corrected chi connectivity index (χ0v) is 40.4. The fraction of sp³-hybridized carbons (Fsp3) is 0.696. The molecule has 6 heteroatoms. The molecule has 1 atom stereocenters. The van der Waals surface area contributed by atoms with Crippen molar-refractivity contribution in [2.24, 2.45) is 0 Å². The van der Waals surface area contributed by atoms with Gasteiger partial charge < -0.3 is 14.2 Å². The Hall–Kier alpha value is -3.41. The van der Waals surface area contributed by atoms with Crippen LogP contribution >= 0.6 is 0 Å². The van der Waals surface area contributed by atoms with Crippen LogP contribution in [-0.2, 0) is 28.6 Å². The van der Waals surface area contributed by atoms with Crippen LogP contribution in [0.1, 0.15) is 233 Å². The van der Waals surface area contributed by atoms with Gasteiger partial charge in [-0.3, -0.25) is 14.4 Å². The summed E-state index contributed by atoms with van der Waals surface area (Å²) in [5.74, 6) is -0.969. The Balaban J connectivity index is 4.27. The Bertz CT molecular complexity index is 1220. The maximum atomic E-state index is 12.7. The summed E-state index contributed by atoms with van der Waals surface area (Å²) >= 11 is 0. The van der Waals surface area contributed by atoms with Crippen LogP contribution in [0.3, 0.4) is 0 Å². The van der Waals surface area contributed by atoms with E-state index in [1.54, 1.807) is 0 Å². The Morgan fingerprint density at radius 3 is 0.984 bits per heavy atom. The molecule has 1 unspecified atom stereocenters. The van der Waals surface area contributed by atoms with Gasteiger partial charge in [0.05, 0.1) is 0 Å². The van der Waals surface area contributed by atoms with Crippen molar-refractivity contribution < 1.29 is 28.6 Å². The first-order valence-electron chi connectivity index (χ1n) is 25.6. The number of allylic oxidation sites excluding steroid dienone is 14. The molecule has 0 aliphatic heterocycles. The van der Waals surface area contributed by atoms with Gasteiger partial charge in [0.15, 0.2) is 6.10 Å². The molecular weight excluding hydrogens is 769 g/mol. The molecule has 0 bridgehead atoms. The molecule has 0 aliphatic carbocycles. The Labute approximate surface area is 382 Å². The molecule has 0 heterocycles. The summed E-state index contributed by atoms with van der Waals surface area (Å²) in [4.78, 5) is 37.6. The molecular formula is C56H94O6. The third-order valence-corrected chi connectivity index (χ3v) is 10.7. The van der Waals surface area contributed by atoms with E-state index in [2.05, 4.69) is 106 Å². The Morgan fingerprint density at radius 2 is 0.629 bits per heavy atom. The van der Waals surface area contributed by atoms with Gasteiger partial charge in [0.2, 0.25) is 0 Å². The van der Waals surface area contributed by atoms with Crippen LogP contribution in [0.25, 0.3) is 0 Å². The average molecular weight is 863 g/mol. The predicted molar refractivity (Wildman–Crippen MR) is 265 cm³/mol. The fourth-order valence-electron chi connectivity index (χ4n) is 6.84. The molecule has 0 rings (SSSR count). The van der Waals surface area contributed by atoms with Gasteiger partial charge in [-0.25, -0.2) is 0 Å². The highest BCUT2D eigenvalue weighted by atomic mass is 16.6. The lowest BCUT2D eigenvalue weighted by Crippen LogP contribution is -2.30. The number of rotatable bonds is 45. The lowest BCUT2D eigenvalue weighted by molar-refractivity contribution is -0.167. The zero-order valence-electron chi connectivity index (χ0n) is 40.4. The van der Waals surface area contributed by atoms with E-state index in [1.807, 2.05) is 0 Å². The van der Waals surface area contributed by atoms with Crippen LogP contribution in [-0.4, -0.2) is 37.2 Å². The summed E-state index contributed by atoms with van der Waals surface area (Å²) in [6, 6.07) is 0. The molecule has 0 saturated heterocycles. The highest BCUT2D eigenvalue weighted by Gasteiger charge is 2.19. The minimum Gasteiger partial charge on any atom is -0.462 e. The van der Waals surface area contributed by atoms with Gasteiger partial charge in [-0.15, -0.1) is 0 Å². The number of esters is 3. The highest BCUT2D eigenvalue weighted by Crippen LogP contribution is 2.15. The van der Waals surface area contributed by atoms with Crippen LogP contribution in [0.2, 0.25) is 0 Å². The number of carbonyl (C=O) groups excluding carboxylic acids is 3. The normalized spacial score (nSPS) is 12.8. The van der Waals surface area contributed by atoms with E-state index in [4.69, 9.17) is 14.2 Å². The number of unbranched alkanes of at least 4 members (excludes halogenated alkanes) is 20. The van der Waals surface area contributed by atoms with Crippen molar-refractivity contribution in [1.29, 1.82) is 0 Å². The van der Waals surface area contributed by atoms with Crippen LogP contribution in [0.4, 0.5) is 0 Å². The maximum Gasteiger partial charge on any atom is 0.306 e. The minimum atomic E-state index is -0.794. The third kappa shape index (κ3) is 47.6. The van der Waals surface area contributed by atoms with E-state index in [0.717, 1.165) is 96.3 Å². The van der Waals surface area contributed by atoms with Crippen LogP contribution in [0, 0.1) is 0 Å². The van der Waals surface area contributed by atoms with Gasteiger partial charge in [0.25, 0.3) is 0 Å². The summed E-state index contributed by atoms with van der Waals surface area (Å²) in [5.41, 5.74) is 0. The van der Waals surface area contributed by atoms with Crippen LogP contribution < -0.4 is 0 Å². The molecule has 0 aromatic heterocycles. The first-order valence-corrected chi connectivity index (χ1v) is 25.6. The topological polar surface area (TPSA) is 78.9 Å². The van der Waals surface area contributed by atoms with Gasteiger partial charge in [-0.05, 0) is 70.6 Å². The summed E-state index contributed by atoms with van der Waals surface area (Å²) < 4.78 is 16.6. The van der Waals surface area contributed by atoms with Gasteiger partial charge in [0, 0.05) is 19.3 Å². The fourth-order valence-corrected chi connectivity index (χ4v) is 6.84. The maximum absolute atomic E-state index is 12.7. The second-order valence-electron chi connectivity index (χ2n) is 16.7. The molecule has 354 valence electrons. The first kappa shape index (κ1) is 58.6. The SMILES string of the molecule is CC/C=C\C/C=C\C/C=C\C/C=C\C/C=C\C/C=C\C/C=C\CCCC(=O)OCC(COC(=O)CCCCCCC)OC(=O)CCCCCCCCCCCCCCCCCC. The van der Waals surface area contributed by atoms with Gasteiger partial charge in [0.1, 0.15) is 13.2 Å². The van der Waals surface area contributed by atoms with Gasteiger partial charge in [-0.2, -0.15) is 0 Å². The minimum absolute atomic E-state index is 0.0941. The smallest absolute Gasteiger partial charge is 0.306 e. The summed E-state index contributed by atoms with van der Waals surface area (Å²) in [7, 11) is 0. The van der Waals surface area contributed by atoms with E-state index < -0.39 is 6.10 Å². The van der Waals surface area contributed by atoms with Gasteiger partial charge in [-0.1, -0.05) is 228 Å². The molecule has 0 spiro atoms. The molecule has 0 amide bonds. The number of ether oxygens (including phenoxy) is 3. The molecule has 62 heavy (non-hydrogen) atoms. The molecule has 0 aromatic rings. The van der Waals surface area contributed by atoms with Crippen molar-refractivity contribution in [3.63, 3.8) is 0 Å². The molecule has 0 saturated carbocycles. The number of hydrogen-bond acceptors (Lipinski definition) is 6. The van der Waals surface area contributed by atoms with E-state index >= 15 is 0 Å². The second kappa shape index (κ2) is 50.2. The van der Waals surface area contributed by atoms with Crippen molar-refractivity contribution >= 4 is 17.9 Å². The third-order valence-electron chi connectivity index (χ3n) is 10.7. The summed E-state index contributed by atoms with van der Waals surface area (Å²) in [6.07, 6.45) is 64.7. The zero-order chi connectivity index (χ0) is 45.1. The number of carbonyl (C=O) groups is 3. The largest absolute Gasteiger partial charge is 0.462 e. The van der Waals surface area contributed by atoms with Gasteiger partial charge >= 0.3 is 17.9 Å². The standard InChI is InChI=1S/C56H94O6/c1-4-7-10-13-15-17-19-21-23-25-26-27-28-29-30-31-33-34-36-38-40-43-46-49-55(58)61-52-53(51-60-54(57)48-45-42-12-9-6-3)62-56(59)50-47-44-41-39-37-35-32-24-22-20-18-16-14-11-8-5-2/h7,10,15,17,21,23,26-27,29-30,33-34,38,40,53H,4-6,8-9,11-14,16,18-20,22,24-25,28,31-32,35-37,39,41-52H2,1-3H3/b10-7-,17-15-,23-21-,27-26-,30-29-,34-33-,40-38-. The second-order valence-corrected chi connectivity index (χ2v) is 16.7. The highest BCUT2D eigenvalue weighted by molar-refractivity contribution is 5.71. The first-order chi connectivity index (χ1) is 30.5. The van der Waals surface area contributed by atoms with E-state index in [-0.39, 0.29) is 37.5 Å². The van der Waals surface area contributed by atoms with Crippen LogP contribution in [0.15, 0.2) is 85.1 Å². The van der Waals surface area contributed by atoms with Crippen molar-refractivity contribution in [2.45, 2.75) is 239 Å². The predicted octanol–water partition coefficient (Wildman–Crippen LogP) is 16.8. The van der Waals surface area contributed by atoms with E-state index in [9.17, 15) is 14.4 Å². The van der Waals surface area contributed by atoms with E-state index in [1.165, 1.54) is 89.9 Å². The molecule has 0 radical (unpaired) electrons. The monoisotopic (exact) mass is 863 g/mol. The van der Waals surface area contributed by atoms with Crippen molar-refractivity contribution in [3.8, 4) is 0 Å². The Morgan fingerprint density at radius 1 is 0.339 bits per heavy atom. The Kier molecular flexibility index (Phi) is 47.5. The van der Waals surface area contributed by atoms with E-state index in [0.29, 0.717) is 19.3 Å². The molecule has 0 aromatic carbocycles. The van der Waals surface area contributed by atoms with Crippen LogP contribution in [0.5, 0.6) is 0 Å². The lowest BCUT2D eigenvalue weighted by atomic mass is 10.0. The quantitative estimate of drug-likeness (QED) is 0.0263. The van der Waals surface area contributed by atoms with Crippen molar-refractivity contribution in [3.05, 3.63) is 85.1 Å². The van der Waals surface area contributed by atoms with Crippen molar-refractivity contribution in [1.82, 2.24) is 0 Å². The summed E-state index contributed by atoms with van der Waals surface area (Å²) in [6.45, 7) is 6.39. The lowest BCUT2D eigenvalue weighted by Gasteiger charge is -2.18. The molecule has 0 fully saturated rings. The summed E-state index contributed by atoms with van der Waals surface area (Å²) in [5, 5.41) is 0.